The Morgan fingerprint density at radius 2 is 1.84 bits per heavy atom. The minimum Gasteiger partial charge on any atom is -0.264 e. The predicted molar refractivity (Wildman–Crippen MR) is 61.1 cm³/mol. The minimum atomic E-state index is -4.87. The van der Waals surface area contributed by atoms with Gasteiger partial charge in [-0.2, -0.15) is 8.42 Å². The average Bonchev–Trinajstić information content (AvgIpc) is 2.24. The number of nitrogens with zero attached hydrogens (tertiary/aromatic N) is 2. The SMILES string of the molecule is O=[N+]([O-])c1ccc(Cl)c(COS(=O)(=O)O)c1[N+](=O)[O-]. The number of halogens is 1. The first-order valence-electron chi connectivity index (χ1n) is 4.35. The molecule has 1 N–H and O–H groups in total. The van der Waals surface area contributed by atoms with Gasteiger partial charge in [0.1, 0.15) is 6.61 Å². The summed E-state index contributed by atoms with van der Waals surface area (Å²) in [6, 6.07) is 1.78. The first-order chi connectivity index (χ1) is 8.63. The van der Waals surface area contributed by atoms with Crippen molar-refractivity contribution in [1.82, 2.24) is 0 Å². The van der Waals surface area contributed by atoms with Crippen LogP contribution in [0.15, 0.2) is 12.1 Å². The van der Waals surface area contributed by atoms with Crippen molar-refractivity contribution < 1.29 is 27.0 Å². The molecule has 12 heteroatoms. The lowest BCUT2D eigenvalue weighted by Crippen LogP contribution is -2.07. The second-order valence-electron chi connectivity index (χ2n) is 3.10. The first kappa shape index (κ1) is 15.2. The van der Waals surface area contributed by atoms with Crippen molar-refractivity contribution in [3.63, 3.8) is 0 Å². The number of benzene rings is 1. The molecule has 0 bridgehead atoms. The van der Waals surface area contributed by atoms with Crippen molar-refractivity contribution in [2.45, 2.75) is 6.61 Å². The van der Waals surface area contributed by atoms with E-state index in [0.717, 1.165) is 12.1 Å². The van der Waals surface area contributed by atoms with Gasteiger partial charge in [-0.15, -0.1) is 0 Å². The monoisotopic (exact) mass is 312 g/mol. The molecule has 0 aliphatic heterocycles. The van der Waals surface area contributed by atoms with Crippen LogP contribution in [0.3, 0.4) is 0 Å². The zero-order chi connectivity index (χ0) is 14.8. The van der Waals surface area contributed by atoms with E-state index in [1.165, 1.54) is 0 Å². The van der Waals surface area contributed by atoms with Gasteiger partial charge in [-0.1, -0.05) is 11.6 Å². The van der Waals surface area contributed by atoms with Crippen molar-refractivity contribution in [3.8, 4) is 0 Å². The highest BCUT2D eigenvalue weighted by Gasteiger charge is 2.31. The number of hydrogen-bond donors (Lipinski definition) is 1. The molecule has 10 nitrogen and oxygen atoms in total. The molecular weight excluding hydrogens is 308 g/mol. The molecule has 0 aliphatic rings. The Morgan fingerprint density at radius 3 is 2.26 bits per heavy atom. The summed E-state index contributed by atoms with van der Waals surface area (Å²) in [5.74, 6) is 0. The fourth-order valence-electron chi connectivity index (χ4n) is 1.22. The molecule has 0 aromatic heterocycles. The fraction of sp³-hybridized carbons (Fsp3) is 0.143. The summed E-state index contributed by atoms with van der Waals surface area (Å²) < 4.78 is 33.1. The topological polar surface area (TPSA) is 150 Å². The maximum Gasteiger partial charge on any atom is 0.397 e. The Kier molecular flexibility index (Phi) is 4.36. The summed E-state index contributed by atoms with van der Waals surface area (Å²) in [5, 5.41) is 21.1. The highest BCUT2D eigenvalue weighted by Crippen LogP contribution is 2.35. The van der Waals surface area contributed by atoms with Crippen molar-refractivity contribution in [2.24, 2.45) is 0 Å². The van der Waals surface area contributed by atoms with Gasteiger partial charge >= 0.3 is 21.8 Å². The van der Waals surface area contributed by atoms with Crippen LogP contribution < -0.4 is 0 Å². The van der Waals surface area contributed by atoms with Crippen LogP contribution in [0.4, 0.5) is 11.4 Å². The van der Waals surface area contributed by atoms with Gasteiger partial charge in [0.25, 0.3) is 0 Å². The molecule has 1 aromatic carbocycles. The number of hydrogen-bond acceptors (Lipinski definition) is 7. The summed E-state index contributed by atoms with van der Waals surface area (Å²) in [5.41, 5.74) is -2.40. The smallest absolute Gasteiger partial charge is 0.264 e. The van der Waals surface area contributed by atoms with E-state index in [-0.39, 0.29) is 5.02 Å². The third-order valence-corrected chi connectivity index (χ3v) is 2.71. The third kappa shape index (κ3) is 3.82. The van der Waals surface area contributed by atoms with Crippen molar-refractivity contribution in [3.05, 3.63) is 42.9 Å². The molecule has 0 aliphatic carbocycles. The minimum absolute atomic E-state index is 0.305. The van der Waals surface area contributed by atoms with Crippen LogP contribution in [-0.2, 0) is 21.2 Å². The summed E-state index contributed by atoms with van der Waals surface area (Å²) in [4.78, 5) is 19.3. The maximum absolute atomic E-state index is 10.8. The molecule has 0 fully saturated rings. The van der Waals surface area contributed by atoms with E-state index in [0.29, 0.717) is 0 Å². The van der Waals surface area contributed by atoms with Gasteiger partial charge in [-0.3, -0.25) is 24.8 Å². The van der Waals surface area contributed by atoms with Gasteiger partial charge in [-0.05, 0) is 6.07 Å². The standard InChI is InChI=1S/C7H5ClN2O8S/c8-5-1-2-6(9(11)12)7(10(13)14)4(5)3-18-19(15,16)17/h1-2H,3H2,(H,15,16,17). The number of rotatable bonds is 5. The molecule has 0 saturated heterocycles. The Balaban J connectivity index is 3.39. The largest absolute Gasteiger partial charge is 0.397 e. The lowest BCUT2D eigenvalue weighted by atomic mass is 10.1. The normalized spacial score (nSPS) is 11.3. The highest BCUT2D eigenvalue weighted by atomic mass is 35.5. The molecular formula is C7H5ClN2O8S. The van der Waals surface area contributed by atoms with Crippen LogP contribution in [0.5, 0.6) is 0 Å². The average molecular weight is 313 g/mol. The third-order valence-electron chi connectivity index (χ3n) is 1.94. The molecule has 0 atom stereocenters. The van der Waals surface area contributed by atoms with Crippen LogP contribution in [0, 0.1) is 20.2 Å². The molecule has 0 spiro atoms. The van der Waals surface area contributed by atoms with E-state index in [1.54, 1.807) is 0 Å². The molecule has 0 radical (unpaired) electrons. The quantitative estimate of drug-likeness (QED) is 0.487. The molecule has 104 valence electrons. The van der Waals surface area contributed by atoms with Gasteiger partial charge in [0.05, 0.1) is 20.4 Å². The van der Waals surface area contributed by atoms with Crippen molar-refractivity contribution in [2.75, 3.05) is 0 Å². The van der Waals surface area contributed by atoms with Crippen LogP contribution in [-0.4, -0.2) is 22.8 Å². The highest BCUT2D eigenvalue weighted by molar-refractivity contribution is 7.80. The lowest BCUT2D eigenvalue weighted by molar-refractivity contribution is -0.423. The lowest BCUT2D eigenvalue weighted by Gasteiger charge is -2.05. The van der Waals surface area contributed by atoms with E-state index in [2.05, 4.69) is 4.18 Å². The zero-order valence-corrected chi connectivity index (χ0v) is 10.4. The summed E-state index contributed by atoms with van der Waals surface area (Å²) in [6.45, 7) is -1.00. The molecule has 0 amide bonds. The van der Waals surface area contributed by atoms with E-state index in [9.17, 15) is 28.6 Å². The van der Waals surface area contributed by atoms with E-state index >= 15 is 0 Å². The van der Waals surface area contributed by atoms with Crippen LogP contribution >= 0.6 is 11.6 Å². The van der Waals surface area contributed by atoms with Crippen LogP contribution in [0.25, 0.3) is 0 Å². The summed E-state index contributed by atoms with van der Waals surface area (Å²) >= 11 is 5.60. The first-order valence-corrected chi connectivity index (χ1v) is 6.10. The Hall–Kier alpha value is -1.82. The number of nitro groups is 2. The van der Waals surface area contributed by atoms with Crippen molar-refractivity contribution >= 4 is 33.4 Å². The van der Waals surface area contributed by atoms with Gasteiger partial charge in [0.2, 0.25) is 0 Å². The summed E-state index contributed by atoms with van der Waals surface area (Å²) in [6.07, 6.45) is 0. The predicted octanol–water partition coefficient (Wildman–Crippen LogP) is 1.48. The molecule has 19 heavy (non-hydrogen) atoms. The Bertz CT molecular complexity index is 643. The second kappa shape index (κ2) is 5.44. The molecule has 0 heterocycles. The number of nitro benzene ring substituents is 2. The van der Waals surface area contributed by atoms with Gasteiger partial charge in [0.15, 0.2) is 0 Å². The van der Waals surface area contributed by atoms with Crippen molar-refractivity contribution in [1.29, 1.82) is 0 Å². The molecule has 1 rings (SSSR count). The van der Waals surface area contributed by atoms with Gasteiger partial charge in [-0.25, -0.2) is 4.18 Å². The summed E-state index contributed by atoms with van der Waals surface area (Å²) in [7, 11) is -4.87. The van der Waals surface area contributed by atoms with Gasteiger partial charge in [0, 0.05) is 6.07 Å². The molecule has 0 saturated carbocycles. The Labute approximate surface area is 110 Å². The molecule has 1 aromatic rings. The second-order valence-corrected chi connectivity index (χ2v) is 4.60. The van der Waals surface area contributed by atoms with E-state index in [1.807, 2.05) is 0 Å². The van der Waals surface area contributed by atoms with E-state index in [4.69, 9.17) is 16.2 Å². The van der Waals surface area contributed by atoms with Crippen LogP contribution in [0.2, 0.25) is 5.02 Å². The van der Waals surface area contributed by atoms with Gasteiger partial charge < -0.3 is 0 Å². The fourth-order valence-corrected chi connectivity index (χ4v) is 1.69. The molecule has 0 unspecified atom stereocenters. The zero-order valence-electron chi connectivity index (χ0n) is 8.85. The Morgan fingerprint density at radius 1 is 1.26 bits per heavy atom. The maximum atomic E-state index is 10.8. The van der Waals surface area contributed by atoms with Crippen LogP contribution in [0.1, 0.15) is 5.56 Å². The van der Waals surface area contributed by atoms with E-state index < -0.39 is 43.8 Å².